The molecule has 4 atom stereocenters. The second kappa shape index (κ2) is 9.63. The molecule has 3 aliphatic carbocycles. The molecule has 0 aliphatic heterocycles. The number of primary amides is 1. The van der Waals surface area contributed by atoms with E-state index >= 15 is 0 Å². The number of benzene rings is 1. The van der Waals surface area contributed by atoms with E-state index in [1.165, 1.54) is 11.1 Å². The zero-order valence-electron chi connectivity index (χ0n) is 23.6. The summed E-state index contributed by atoms with van der Waals surface area (Å²) in [6.07, 6.45) is 1.50. The highest BCUT2D eigenvalue weighted by atomic mass is 16.6. The number of carbonyl (C=O) groups excluding carboxylic acids is 3. The van der Waals surface area contributed by atoms with E-state index in [0.29, 0.717) is 11.3 Å². The molecular formula is C28H36N4O8. The summed E-state index contributed by atoms with van der Waals surface area (Å²) in [5.74, 6) is -6.97. The van der Waals surface area contributed by atoms with Gasteiger partial charge in [0.1, 0.15) is 28.4 Å². The topological polar surface area (TPSA) is 186 Å². The van der Waals surface area contributed by atoms with Gasteiger partial charge < -0.3 is 35.9 Å². The number of carbonyl (C=O) groups is 3. The maximum atomic E-state index is 14.0. The molecule has 1 aromatic carbocycles. The smallest absolute Gasteiger partial charge is 0.255 e. The monoisotopic (exact) mass is 556 g/mol. The summed E-state index contributed by atoms with van der Waals surface area (Å²) >= 11 is 0. The number of aliphatic hydroxyl groups excluding tert-OH is 2. The van der Waals surface area contributed by atoms with Gasteiger partial charge in [-0.1, -0.05) is 5.16 Å². The van der Waals surface area contributed by atoms with Gasteiger partial charge in [0.05, 0.1) is 17.8 Å². The van der Waals surface area contributed by atoms with E-state index in [1.54, 1.807) is 59.9 Å². The molecule has 1 aromatic rings. The van der Waals surface area contributed by atoms with Gasteiger partial charge in [-0.3, -0.25) is 19.3 Å². The van der Waals surface area contributed by atoms with Gasteiger partial charge >= 0.3 is 0 Å². The number of phenolic OH excluding ortho intramolecular Hbond substituents is 1. The Morgan fingerprint density at radius 3 is 2.33 bits per heavy atom. The number of hydrogen-bond donors (Lipinski definition) is 5. The molecule has 0 heterocycles. The number of hydrogen-bond acceptors (Lipinski definition) is 11. The van der Waals surface area contributed by atoms with Crippen molar-refractivity contribution in [2.24, 2.45) is 22.7 Å². The van der Waals surface area contributed by atoms with Crippen LogP contribution in [0.4, 0.5) is 5.69 Å². The second-order valence-corrected chi connectivity index (χ2v) is 12.0. The Balaban J connectivity index is 1.95. The van der Waals surface area contributed by atoms with Gasteiger partial charge in [-0.25, -0.2) is 0 Å². The molecule has 12 heteroatoms. The number of anilines is 1. The molecule has 12 nitrogen and oxygen atoms in total. The van der Waals surface area contributed by atoms with Gasteiger partial charge in [0.2, 0.25) is 5.78 Å². The van der Waals surface area contributed by atoms with Gasteiger partial charge in [0.15, 0.2) is 11.4 Å². The average molecular weight is 557 g/mol. The highest BCUT2D eigenvalue weighted by Crippen LogP contribution is 2.54. The standard InChI is InChI=1S/C28H36N4O8/c1-27(2,3)40-30-11-13-10-16(31(4)5)14-8-12-9-15-20(32(6)7)23(35)19(26(29)38)25(37)28(15,39)24(36)17(12)22(34)18(14)21(13)33/h10-12,15,20,33-34,37,39H,8-9H2,1-7H3,(H2,29,38)/b30-11+/t12-,15-,20?,28-/m0/s1. The molecule has 0 saturated heterocycles. The fourth-order valence-corrected chi connectivity index (χ4v) is 6.05. The Hall–Kier alpha value is -3.90. The zero-order chi connectivity index (χ0) is 30.1. The number of Topliss-reactive ketones (excluding diaryl/α,β-unsaturated/α-hetero) is 2. The van der Waals surface area contributed by atoms with Crippen LogP contribution in [0.15, 0.2) is 28.1 Å². The number of oxime groups is 1. The van der Waals surface area contributed by atoms with Crippen molar-refractivity contribution in [3.05, 3.63) is 39.7 Å². The summed E-state index contributed by atoms with van der Waals surface area (Å²) in [5.41, 5.74) is 2.42. The van der Waals surface area contributed by atoms with Gasteiger partial charge in [0.25, 0.3) is 5.91 Å². The minimum absolute atomic E-state index is 0.0142. The maximum absolute atomic E-state index is 14.0. The van der Waals surface area contributed by atoms with E-state index in [1.807, 2.05) is 0 Å². The molecule has 0 aromatic heterocycles. The highest BCUT2D eigenvalue weighted by Gasteiger charge is 2.64. The fraction of sp³-hybridized carbons (Fsp3) is 0.500. The second-order valence-electron chi connectivity index (χ2n) is 12.0. The van der Waals surface area contributed by atoms with Crippen molar-refractivity contribution >= 4 is 35.1 Å². The van der Waals surface area contributed by atoms with Crippen LogP contribution in [-0.2, 0) is 25.6 Å². The fourth-order valence-electron chi connectivity index (χ4n) is 6.05. The molecule has 0 bridgehead atoms. The summed E-state index contributed by atoms with van der Waals surface area (Å²) < 4.78 is 0. The van der Waals surface area contributed by atoms with Crippen molar-refractivity contribution in [2.45, 2.75) is 50.9 Å². The number of aliphatic hydroxyl groups is 3. The number of nitrogens with zero attached hydrogens (tertiary/aromatic N) is 3. The molecule has 1 amide bonds. The van der Waals surface area contributed by atoms with Crippen LogP contribution < -0.4 is 10.6 Å². The largest absolute Gasteiger partial charge is 0.508 e. The van der Waals surface area contributed by atoms with Crippen molar-refractivity contribution in [3.8, 4) is 5.75 Å². The first-order valence-electron chi connectivity index (χ1n) is 12.9. The average Bonchev–Trinajstić information content (AvgIpc) is 2.81. The Morgan fingerprint density at radius 2 is 1.80 bits per heavy atom. The summed E-state index contributed by atoms with van der Waals surface area (Å²) in [6, 6.07) is 0.546. The molecule has 1 unspecified atom stereocenters. The zero-order valence-corrected chi connectivity index (χ0v) is 23.6. The first-order valence-corrected chi connectivity index (χ1v) is 12.9. The van der Waals surface area contributed by atoms with Crippen LogP contribution in [0.25, 0.3) is 5.76 Å². The third-order valence-electron chi connectivity index (χ3n) is 7.73. The number of ketones is 2. The molecule has 1 saturated carbocycles. The molecule has 3 aliphatic rings. The molecule has 216 valence electrons. The molecule has 40 heavy (non-hydrogen) atoms. The SMILES string of the molecule is CN(C)c1cc(/C=N/OC(C)(C)C)c(O)c2c1C[C@H]1C[C@H]3C(N(C)C)C(=O)C(C(N)=O)=C(O)[C@@]3(O)C(=O)C1=C2O. The molecule has 0 spiro atoms. The Bertz CT molecular complexity index is 1400. The number of fused-ring (bicyclic) bond motifs is 3. The van der Waals surface area contributed by atoms with E-state index < -0.39 is 63.6 Å². The Morgan fingerprint density at radius 1 is 1.18 bits per heavy atom. The summed E-state index contributed by atoms with van der Waals surface area (Å²) in [7, 11) is 6.69. The van der Waals surface area contributed by atoms with Gasteiger partial charge in [-0.05, 0) is 65.3 Å². The number of likely N-dealkylation sites (N-methyl/N-ethyl adjacent to an activating group) is 1. The van der Waals surface area contributed by atoms with Gasteiger partial charge in [-0.15, -0.1) is 0 Å². The quantitative estimate of drug-likeness (QED) is 0.200. The van der Waals surface area contributed by atoms with Gasteiger partial charge in [0, 0.05) is 36.8 Å². The van der Waals surface area contributed by atoms with Crippen LogP contribution in [0, 0.1) is 11.8 Å². The van der Waals surface area contributed by atoms with Crippen molar-refractivity contribution in [3.63, 3.8) is 0 Å². The van der Waals surface area contributed by atoms with Crippen molar-refractivity contribution in [1.29, 1.82) is 0 Å². The van der Waals surface area contributed by atoms with Crippen molar-refractivity contribution in [1.82, 2.24) is 4.90 Å². The maximum Gasteiger partial charge on any atom is 0.255 e. The molecule has 0 radical (unpaired) electrons. The highest BCUT2D eigenvalue weighted by molar-refractivity contribution is 6.24. The Kier molecular flexibility index (Phi) is 7.00. The van der Waals surface area contributed by atoms with Crippen molar-refractivity contribution < 1.29 is 39.6 Å². The lowest BCUT2D eigenvalue weighted by atomic mass is 9.57. The lowest BCUT2D eigenvalue weighted by molar-refractivity contribution is -0.153. The van der Waals surface area contributed by atoms with Crippen LogP contribution in [-0.4, -0.2) is 94.4 Å². The van der Waals surface area contributed by atoms with Crippen LogP contribution in [0.1, 0.15) is 43.9 Å². The molecular weight excluding hydrogens is 520 g/mol. The normalized spacial score (nSPS) is 26.7. The minimum atomic E-state index is -2.69. The lowest BCUT2D eigenvalue weighted by Crippen LogP contribution is -2.65. The minimum Gasteiger partial charge on any atom is -0.508 e. The first-order chi connectivity index (χ1) is 18.4. The number of nitrogens with two attached hydrogens (primary N) is 1. The lowest BCUT2D eigenvalue weighted by Gasteiger charge is -2.50. The summed E-state index contributed by atoms with van der Waals surface area (Å²) in [4.78, 5) is 48.0. The molecule has 1 fully saturated rings. The number of phenols is 1. The van der Waals surface area contributed by atoms with Crippen molar-refractivity contribution in [2.75, 3.05) is 33.1 Å². The number of aromatic hydroxyl groups is 1. The summed E-state index contributed by atoms with van der Waals surface area (Å²) in [6.45, 7) is 5.41. The molecule has 4 rings (SSSR count). The number of amides is 1. The third kappa shape index (κ3) is 4.31. The van der Waals surface area contributed by atoms with Gasteiger partial charge in [-0.2, -0.15) is 0 Å². The summed E-state index contributed by atoms with van der Waals surface area (Å²) in [5, 5.41) is 49.4. The molecule has 6 N–H and O–H groups in total. The predicted molar refractivity (Wildman–Crippen MR) is 147 cm³/mol. The predicted octanol–water partition coefficient (Wildman–Crippen LogP) is 1.18. The van der Waals surface area contributed by atoms with E-state index in [-0.39, 0.29) is 35.3 Å². The third-order valence-corrected chi connectivity index (χ3v) is 7.73. The van der Waals surface area contributed by atoms with Crippen LogP contribution >= 0.6 is 0 Å². The van der Waals surface area contributed by atoms with Crippen LogP contribution in [0.3, 0.4) is 0 Å². The first kappa shape index (κ1) is 29.1. The van der Waals surface area contributed by atoms with Crippen LogP contribution in [0.5, 0.6) is 5.75 Å². The van der Waals surface area contributed by atoms with Crippen LogP contribution in [0.2, 0.25) is 0 Å². The van der Waals surface area contributed by atoms with E-state index in [4.69, 9.17) is 10.6 Å². The van der Waals surface area contributed by atoms with E-state index in [2.05, 4.69) is 5.16 Å². The number of rotatable bonds is 5. The van der Waals surface area contributed by atoms with E-state index in [9.17, 15) is 34.8 Å². The van der Waals surface area contributed by atoms with E-state index in [0.717, 1.165) is 0 Å². The Labute approximate surface area is 232 Å².